The smallest absolute Gasteiger partial charge is 0.253 e. The molecule has 2 atom stereocenters. The van der Waals surface area contributed by atoms with Gasteiger partial charge in [0.05, 0.1) is 11.5 Å². The zero-order valence-corrected chi connectivity index (χ0v) is 18.0. The van der Waals surface area contributed by atoms with Crippen molar-refractivity contribution in [2.75, 3.05) is 33.2 Å². The molecule has 1 N–H and O–H groups in total. The number of hydrogen-bond donors (Lipinski definition) is 1. The summed E-state index contributed by atoms with van der Waals surface area (Å²) in [5.41, 5.74) is 3.13. The van der Waals surface area contributed by atoms with Crippen molar-refractivity contribution in [3.63, 3.8) is 0 Å². The fourth-order valence-corrected chi connectivity index (χ4v) is 4.54. The highest BCUT2D eigenvalue weighted by atomic mass is 16.2. The molecule has 0 bridgehead atoms. The number of carbonyl (C=O) groups excluding carboxylic acids is 2. The van der Waals surface area contributed by atoms with Crippen LogP contribution in [0.5, 0.6) is 0 Å². The van der Waals surface area contributed by atoms with Crippen LogP contribution in [-0.2, 0) is 4.79 Å². The number of carbonyl (C=O) groups is 2. The molecule has 2 aromatic rings. The van der Waals surface area contributed by atoms with Crippen LogP contribution in [0.1, 0.15) is 35.2 Å². The van der Waals surface area contributed by atoms with Crippen LogP contribution in [-0.4, -0.2) is 65.9 Å². The van der Waals surface area contributed by atoms with E-state index in [1.807, 2.05) is 18.0 Å². The van der Waals surface area contributed by atoms with Crippen LogP contribution in [0.15, 0.2) is 60.9 Å². The predicted molar refractivity (Wildman–Crippen MR) is 121 cm³/mol. The largest absolute Gasteiger partial charge is 0.348 e. The van der Waals surface area contributed by atoms with Gasteiger partial charge in [0, 0.05) is 44.6 Å². The van der Waals surface area contributed by atoms with Gasteiger partial charge in [0.1, 0.15) is 0 Å². The maximum atomic E-state index is 13.2. The fraction of sp³-hybridized carbons (Fsp3) is 0.400. The van der Waals surface area contributed by atoms with E-state index in [0.29, 0.717) is 12.1 Å². The molecule has 0 radical (unpaired) electrons. The summed E-state index contributed by atoms with van der Waals surface area (Å²) in [4.78, 5) is 33.9. The number of hydrogen-bond acceptors (Lipinski definition) is 4. The highest BCUT2D eigenvalue weighted by Crippen LogP contribution is 2.25. The number of amides is 2. The standard InChI is InChI=1S/C25H30N4O2/c1-28-17-22(9-10-23(18-28)27-24(30)21-8-5-13-26-16-21)25(31)29-14-11-20(12-15-29)19-6-3-2-4-7-19/h2-8,11,13,16,22-23H,9-10,12,14-15,17-18H2,1H3,(H,27,30)/t22-,23+/m1/s1. The predicted octanol–water partition coefficient (Wildman–Crippen LogP) is 2.84. The number of nitrogens with zero attached hydrogens (tertiary/aromatic N) is 3. The Morgan fingerprint density at radius 2 is 1.90 bits per heavy atom. The molecule has 2 aliphatic rings. The van der Waals surface area contributed by atoms with Gasteiger partial charge in [-0.25, -0.2) is 0 Å². The van der Waals surface area contributed by atoms with Crippen LogP contribution in [0, 0.1) is 5.92 Å². The van der Waals surface area contributed by atoms with Gasteiger partial charge in [-0.05, 0) is 49.6 Å². The summed E-state index contributed by atoms with van der Waals surface area (Å²) in [6.45, 7) is 2.91. The average Bonchev–Trinajstić information content (AvgIpc) is 3.00. The maximum Gasteiger partial charge on any atom is 0.253 e. The minimum atomic E-state index is -0.106. The molecule has 162 valence electrons. The lowest BCUT2D eigenvalue weighted by molar-refractivity contribution is -0.135. The highest BCUT2D eigenvalue weighted by Gasteiger charge is 2.31. The summed E-state index contributed by atoms with van der Waals surface area (Å²) in [5.74, 6) is 0.0947. The van der Waals surface area contributed by atoms with Crippen molar-refractivity contribution in [1.29, 1.82) is 0 Å². The third-order valence-corrected chi connectivity index (χ3v) is 6.20. The van der Waals surface area contributed by atoms with E-state index in [0.717, 1.165) is 38.9 Å². The lowest BCUT2D eigenvalue weighted by Gasteiger charge is -2.30. The van der Waals surface area contributed by atoms with Gasteiger partial charge in [0.2, 0.25) is 5.91 Å². The fourth-order valence-electron chi connectivity index (χ4n) is 4.54. The molecular formula is C25H30N4O2. The normalized spacial score (nSPS) is 22.4. The Morgan fingerprint density at radius 1 is 1.06 bits per heavy atom. The molecule has 3 heterocycles. The van der Waals surface area contributed by atoms with Crippen LogP contribution < -0.4 is 5.32 Å². The van der Waals surface area contributed by atoms with Crippen LogP contribution in [0.2, 0.25) is 0 Å². The first-order valence-electron chi connectivity index (χ1n) is 11.0. The number of rotatable bonds is 4. The molecule has 1 fully saturated rings. The summed E-state index contributed by atoms with van der Waals surface area (Å²) < 4.78 is 0. The molecule has 0 saturated carbocycles. The minimum absolute atomic E-state index is 0.0291. The quantitative estimate of drug-likeness (QED) is 0.829. The van der Waals surface area contributed by atoms with Crippen molar-refractivity contribution in [3.05, 3.63) is 72.1 Å². The Balaban J connectivity index is 1.34. The Hall–Kier alpha value is -2.99. The van der Waals surface area contributed by atoms with Crippen LogP contribution in [0.4, 0.5) is 0 Å². The third kappa shape index (κ3) is 5.39. The maximum absolute atomic E-state index is 13.2. The first-order valence-corrected chi connectivity index (χ1v) is 11.0. The van der Waals surface area contributed by atoms with Crippen LogP contribution >= 0.6 is 0 Å². The van der Waals surface area contributed by atoms with Crippen LogP contribution in [0.3, 0.4) is 0 Å². The molecular weight excluding hydrogens is 388 g/mol. The lowest BCUT2D eigenvalue weighted by Crippen LogP contribution is -2.43. The molecule has 0 aliphatic carbocycles. The Bertz CT molecular complexity index is 929. The van der Waals surface area contributed by atoms with E-state index in [2.05, 4.69) is 45.5 Å². The number of nitrogens with one attached hydrogen (secondary N) is 1. The zero-order chi connectivity index (χ0) is 21.6. The molecule has 31 heavy (non-hydrogen) atoms. The number of likely N-dealkylation sites (tertiary alicyclic amines) is 1. The van der Waals surface area contributed by atoms with Gasteiger partial charge in [0.25, 0.3) is 5.91 Å². The van der Waals surface area contributed by atoms with E-state index in [4.69, 9.17) is 0 Å². The van der Waals surface area contributed by atoms with Crippen molar-refractivity contribution in [2.24, 2.45) is 5.92 Å². The summed E-state index contributed by atoms with van der Waals surface area (Å²) >= 11 is 0. The summed E-state index contributed by atoms with van der Waals surface area (Å²) in [6, 6.07) is 13.9. The molecule has 0 unspecified atom stereocenters. The highest BCUT2D eigenvalue weighted by molar-refractivity contribution is 5.94. The Morgan fingerprint density at radius 3 is 2.61 bits per heavy atom. The zero-order valence-electron chi connectivity index (χ0n) is 18.0. The molecule has 0 spiro atoms. The first-order chi connectivity index (χ1) is 15.1. The average molecular weight is 419 g/mol. The van der Waals surface area contributed by atoms with Gasteiger partial charge in [-0.15, -0.1) is 0 Å². The second-order valence-electron chi connectivity index (χ2n) is 8.54. The monoisotopic (exact) mass is 418 g/mol. The molecule has 6 heteroatoms. The van der Waals surface area contributed by atoms with Crippen molar-refractivity contribution in [3.8, 4) is 0 Å². The van der Waals surface area contributed by atoms with Gasteiger partial charge in [-0.3, -0.25) is 14.6 Å². The van der Waals surface area contributed by atoms with E-state index in [1.54, 1.807) is 24.5 Å². The van der Waals surface area contributed by atoms with Gasteiger partial charge >= 0.3 is 0 Å². The second-order valence-corrected chi connectivity index (χ2v) is 8.54. The van der Waals surface area contributed by atoms with E-state index >= 15 is 0 Å². The topological polar surface area (TPSA) is 65.5 Å². The van der Waals surface area contributed by atoms with Gasteiger partial charge < -0.3 is 15.1 Å². The molecule has 4 rings (SSSR count). The van der Waals surface area contributed by atoms with Crippen molar-refractivity contribution >= 4 is 17.4 Å². The molecule has 2 aliphatic heterocycles. The minimum Gasteiger partial charge on any atom is -0.348 e. The SMILES string of the molecule is CN1C[C@@H](NC(=O)c2cccnc2)CC[C@@H](C(=O)N2CC=C(c3ccccc3)CC2)C1. The van der Waals surface area contributed by atoms with Crippen molar-refractivity contribution < 1.29 is 9.59 Å². The molecule has 6 nitrogen and oxygen atoms in total. The number of aromatic nitrogens is 1. The van der Waals surface area contributed by atoms with E-state index in [1.165, 1.54) is 11.1 Å². The number of benzene rings is 1. The summed E-state index contributed by atoms with van der Waals surface area (Å²) in [6.07, 6.45) is 7.90. The van der Waals surface area contributed by atoms with E-state index < -0.39 is 0 Å². The second kappa shape index (κ2) is 9.88. The van der Waals surface area contributed by atoms with Gasteiger partial charge in [-0.2, -0.15) is 0 Å². The van der Waals surface area contributed by atoms with Gasteiger partial charge in [-0.1, -0.05) is 36.4 Å². The molecule has 1 aromatic heterocycles. The molecule has 1 saturated heterocycles. The summed E-state index contributed by atoms with van der Waals surface area (Å²) in [5, 5.41) is 3.11. The molecule has 1 aromatic carbocycles. The van der Waals surface area contributed by atoms with Gasteiger partial charge in [0.15, 0.2) is 0 Å². The van der Waals surface area contributed by atoms with Crippen LogP contribution in [0.25, 0.3) is 5.57 Å². The summed E-state index contributed by atoms with van der Waals surface area (Å²) in [7, 11) is 2.03. The Kier molecular flexibility index (Phi) is 6.77. The number of pyridine rings is 1. The molecule has 2 amide bonds. The lowest BCUT2D eigenvalue weighted by atomic mass is 9.96. The van der Waals surface area contributed by atoms with Crippen molar-refractivity contribution in [2.45, 2.75) is 25.3 Å². The van der Waals surface area contributed by atoms with Crippen molar-refractivity contribution in [1.82, 2.24) is 20.1 Å². The third-order valence-electron chi connectivity index (χ3n) is 6.20. The number of likely N-dealkylation sites (N-methyl/N-ethyl adjacent to an activating group) is 1. The first kappa shape index (κ1) is 21.2. The van der Waals surface area contributed by atoms with E-state index in [9.17, 15) is 9.59 Å². The Labute approximate surface area is 184 Å². The van der Waals surface area contributed by atoms with E-state index in [-0.39, 0.29) is 23.8 Å².